The van der Waals surface area contributed by atoms with E-state index in [2.05, 4.69) is 28.7 Å². The lowest BCUT2D eigenvalue weighted by Crippen LogP contribution is -2.24. The second-order valence-electron chi connectivity index (χ2n) is 5.15. The molecule has 0 aliphatic heterocycles. The van der Waals surface area contributed by atoms with Crippen LogP contribution in [0.5, 0.6) is 0 Å². The maximum absolute atomic E-state index is 6.01. The first-order valence-corrected chi connectivity index (χ1v) is 7.50. The van der Waals surface area contributed by atoms with Crippen molar-refractivity contribution < 1.29 is 0 Å². The summed E-state index contributed by atoms with van der Waals surface area (Å²) < 4.78 is 0. The minimum atomic E-state index is 0.173. The molecular weight excluding hydrogens is 284 g/mol. The number of hydrogen-bond acceptors (Lipinski definition) is 4. The first-order valence-electron chi connectivity index (χ1n) is 7.12. The van der Waals surface area contributed by atoms with E-state index in [0.29, 0.717) is 5.82 Å². The van der Waals surface area contributed by atoms with Crippen LogP contribution >= 0.6 is 11.6 Å². The molecule has 0 radical (unpaired) electrons. The Bertz CT molecular complexity index is 598. The first kappa shape index (κ1) is 15.6. The van der Waals surface area contributed by atoms with Gasteiger partial charge in [-0.25, -0.2) is 9.97 Å². The number of nitrogens with two attached hydrogens (primary N) is 1. The molecule has 4 nitrogen and oxygen atoms in total. The molecule has 2 aromatic rings. The van der Waals surface area contributed by atoms with Crippen molar-refractivity contribution in [1.29, 1.82) is 0 Å². The molecule has 5 heteroatoms. The molecule has 0 aliphatic rings. The third-order valence-electron chi connectivity index (χ3n) is 3.72. The van der Waals surface area contributed by atoms with Crippen LogP contribution in [0.15, 0.2) is 30.6 Å². The Labute approximate surface area is 131 Å². The topological polar surface area (TPSA) is 55.0 Å². The summed E-state index contributed by atoms with van der Waals surface area (Å²) >= 11 is 5.95. The highest BCUT2D eigenvalue weighted by Crippen LogP contribution is 2.29. The van der Waals surface area contributed by atoms with Gasteiger partial charge in [0.25, 0.3) is 0 Å². The van der Waals surface area contributed by atoms with E-state index < -0.39 is 0 Å². The minimum absolute atomic E-state index is 0.173. The van der Waals surface area contributed by atoms with Crippen molar-refractivity contribution in [3.63, 3.8) is 0 Å². The molecule has 1 heterocycles. The van der Waals surface area contributed by atoms with E-state index >= 15 is 0 Å². The van der Waals surface area contributed by atoms with E-state index in [0.717, 1.165) is 29.2 Å². The zero-order valence-electron chi connectivity index (χ0n) is 12.7. The molecule has 2 N–H and O–H groups in total. The maximum Gasteiger partial charge on any atom is 0.137 e. The van der Waals surface area contributed by atoms with Gasteiger partial charge in [-0.2, -0.15) is 0 Å². The van der Waals surface area contributed by atoms with Crippen LogP contribution in [0.4, 0.5) is 11.6 Å². The lowest BCUT2D eigenvalue weighted by molar-refractivity contribution is 0.718. The smallest absolute Gasteiger partial charge is 0.137 e. The van der Waals surface area contributed by atoms with Crippen LogP contribution < -0.4 is 10.6 Å². The molecule has 1 aromatic carbocycles. The molecule has 0 fully saturated rings. The van der Waals surface area contributed by atoms with E-state index in [4.69, 9.17) is 17.3 Å². The van der Waals surface area contributed by atoms with E-state index in [1.807, 2.05) is 31.3 Å². The van der Waals surface area contributed by atoms with Gasteiger partial charge >= 0.3 is 0 Å². The van der Waals surface area contributed by atoms with Crippen molar-refractivity contribution in [2.75, 3.05) is 17.7 Å². The van der Waals surface area contributed by atoms with Crippen LogP contribution in [0, 0.1) is 0 Å². The van der Waals surface area contributed by atoms with Crippen LogP contribution in [0.3, 0.4) is 0 Å². The third kappa shape index (κ3) is 3.45. The fourth-order valence-electron chi connectivity index (χ4n) is 2.36. The predicted octanol–water partition coefficient (Wildman–Crippen LogP) is 3.86. The Balaban J connectivity index is 2.32. The second kappa shape index (κ2) is 6.76. The minimum Gasteiger partial charge on any atom is -0.383 e. The number of hydrogen-bond donors (Lipinski definition) is 1. The first-order chi connectivity index (χ1) is 10.0. The fourth-order valence-corrected chi connectivity index (χ4v) is 2.48. The van der Waals surface area contributed by atoms with E-state index in [1.54, 1.807) is 0 Å². The number of anilines is 2. The fraction of sp³-hybridized carbons (Fsp3) is 0.375. The van der Waals surface area contributed by atoms with Gasteiger partial charge in [-0.15, -0.1) is 0 Å². The van der Waals surface area contributed by atoms with Crippen LogP contribution in [0.1, 0.15) is 37.4 Å². The Kier molecular flexibility index (Phi) is 5.02. The second-order valence-corrected chi connectivity index (χ2v) is 5.59. The SMILES string of the molecule is CCCc1c(N)ncnc1N(C)C(C)c1ccc(Cl)cc1. The molecule has 21 heavy (non-hydrogen) atoms. The van der Waals surface area contributed by atoms with Crippen LogP contribution in [-0.2, 0) is 6.42 Å². The van der Waals surface area contributed by atoms with Crippen molar-refractivity contribution in [2.45, 2.75) is 32.7 Å². The summed E-state index contributed by atoms with van der Waals surface area (Å²) in [5, 5.41) is 0.742. The summed E-state index contributed by atoms with van der Waals surface area (Å²) in [5.41, 5.74) is 8.21. The summed E-state index contributed by atoms with van der Waals surface area (Å²) in [6.45, 7) is 4.26. The highest BCUT2D eigenvalue weighted by atomic mass is 35.5. The highest BCUT2D eigenvalue weighted by molar-refractivity contribution is 6.30. The summed E-state index contributed by atoms with van der Waals surface area (Å²) in [6, 6.07) is 8.05. The molecule has 112 valence electrons. The van der Waals surface area contributed by atoms with Crippen LogP contribution in [0.2, 0.25) is 5.02 Å². The van der Waals surface area contributed by atoms with Gasteiger partial charge < -0.3 is 10.6 Å². The molecule has 1 atom stereocenters. The van der Waals surface area contributed by atoms with Crippen molar-refractivity contribution in [2.24, 2.45) is 0 Å². The molecule has 0 aliphatic carbocycles. The summed E-state index contributed by atoms with van der Waals surface area (Å²) in [6.07, 6.45) is 3.41. The molecule has 2 rings (SSSR count). The zero-order valence-corrected chi connectivity index (χ0v) is 13.4. The predicted molar refractivity (Wildman–Crippen MR) is 88.7 cm³/mol. The van der Waals surface area contributed by atoms with Gasteiger partial charge in [0.2, 0.25) is 0 Å². The number of benzene rings is 1. The van der Waals surface area contributed by atoms with Gasteiger partial charge in [0, 0.05) is 17.6 Å². The molecule has 1 aromatic heterocycles. The van der Waals surface area contributed by atoms with Crippen molar-refractivity contribution in [1.82, 2.24) is 9.97 Å². The molecular formula is C16H21ClN4. The highest BCUT2D eigenvalue weighted by Gasteiger charge is 2.18. The van der Waals surface area contributed by atoms with Crippen molar-refractivity contribution in [3.05, 3.63) is 46.7 Å². The zero-order chi connectivity index (χ0) is 15.4. The Morgan fingerprint density at radius 1 is 1.24 bits per heavy atom. The van der Waals surface area contributed by atoms with Crippen molar-refractivity contribution in [3.8, 4) is 0 Å². The summed E-state index contributed by atoms with van der Waals surface area (Å²) in [7, 11) is 2.03. The molecule has 1 unspecified atom stereocenters. The van der Waals surface area contributed by atoms with Crippen LogP contribution in [-0.4, -0.2) is 17.0 Å². The number of nitrogens with zero attached hydrogens (tertiary/aromatic N) is 3. The number of aromatic nitrogens is 2. The Hall–Kier alpha value is -1.81. The van der Waals surface area contributed by atoms with Gasteiger partial charge in [0.05, 0.1) is 6.04 Å². The van der Waals surface area contributed by atoms with E-state index in [9.17, 15) is 0 Å². The Morgan fingerprint density at radius 2 is 1.90 bits per heavy atom. The van der Waals surface area contributed by atoms with Crippen molar-refractivity contribution >= 4 is 23.2 Å². The van der Waals surface area contributed by atoms with Gasteiger partial charge in [-0.1, -0.05) is 37.1 Å². The molecule has 0 spiro atoms. The molecule has 0 amide bonds. The average Bonchev–Trinajstić information content (AvgIpc) is 2.49. The number of rotatable bonds is 5. The summed E-state index contributed by atoms with van der Waals surface area (Å²) in [5.74, 6) is 1.46. The average molecular weight is 305 g/mol. The molecule has 0 saturated carbocycles. The lowest BCUT2D eigenvalue weighted by Gasteiger charge is -2.28. The lowest BCUT2D eigenvalue weighted by atomic mass is 10.1. The van der Waals surface area contributed by atoms with Crippen LogP contribution in [0.25, 0.3) is 0 Å². The summed E-state index contributed by atoms with van der Waals surface area (Å²) in [4.78, 5) is 10.7. The largest absolute Gasteiger partial charge is 0.383 e. The monoisotopic (exact) mass is 304 g/mol. The standard InChI is InChI=1S/C16H21ClN4/c1-4-5-14-15(18)19-10-20-16(14)21(3)11(2)12-6-8-13(17)9-7-12/h6-11H,4-5H2,1-3H3,(H2,18,19,20). The maximum atomic E-state index is 6.01. The Morgan fingerprint density at radius 3 is 2.52 bits per heavy atom. The van der Waals surface area contributed by atoms with Gasteiger partial charge in [0.15, 0.2) is 0 Å². The van der Waals surface area contributed by atoms with E-state index in [1.165, 1.54) is 11.9 Å². The van der Waals surface area contributed by atoms with Gasteiger partial charge in [-0.3, -0.25) is 0 Å². The quantitative estimate of drug-likeness (QED) is 0.911. The number of halogens is 1. The van der Waals surface area contributed by atoms with Gasteiger partial charge in [-0.05, 0) is 31.0 Å². The third-order valence-corrected chi connectivity index (χ3v) is 3.98. The number of nitrogen functional groups attached to an aromatic ring is 1. The normalized spacial score (nSPS) is 12.2. The van der Waals surface area contributed by atoms with Gasteiger partial charge in [0.1, 0.15) is 18.0 Å². The van der Waals surface area contributed by atoms with E-state index in [-0.39, 0.29) is 6.04 Å². The molecule has 0 saturated heterocycles. The molecule has 0 bridgehead atoms.